The van der Waals surface area contributed by atoms with Crippen molar-refractivity contribution in [1.29, 1.82) is 0 Å². The summed E-state index contributed by atoms with van der Waals surface area (Å²) < 4.78 is 0. The van der Waals surface area contributed by atoms with Crippen molar-refractivity contribution in [2.24, 2.45) is 11.8 Å². The van der Waals surface area contributed by atoms with Crippen molar-refractivity contribution in [3.8, 4) is 0 Å². The first-order chi connectivity index (χ1) is 11.0. The van der Waals surface area contributed by atoms with Crippen LogP contribution >= 0.6 is 11.3 Å². The minimum Gasteiger partial charge on any atom is -0.348 e. The van der Waals surface area contributed by atoms with E-state index in [1.54, 1.807) is 11.3 Å². The highest BCUT2D eigenvalue weighted by Gasteiger charge is 2.21. The van der Waals surface area contributed by atoms with Gasteiger partial charge in [0, 0.05) is 24.5 Å². The van der Waals surface area contributed by atoms with Crippen LogP contribution in [0.4, 0.5) is 0 Å². The predicted octanol–water partition coefficient (Wildman–Crippen LogP) is 1.85. The van der Waals surface area contributed by atoms with Crippen molar-refractivity contribution in [2.75, 3.05) is 26.2 Å². The zero-order chi connectivity index (χ0) is 16.7. The van der Waals surface area contributed by atoms with Gasteiger partial charge in [-0.2, -0.15) is 0 Å². The molecule has 128 valence electrons. The van der Waals surface area contributed by atoms with Crippen molar-refractivity contribution < 1.29 is 9.59 Å². The Balaban J connectivity index is 1.62. The fraction of sp³-hybridized carbons (Fsp3) is 0.647. The summed E-state index contributed by atoms with van der Waals surface area (Å²) in [6, 6.07) is 4.26. The molecule has 0 spiro atoms. The van der Waals surface area contributed by atoms with Crippen LogP contribution in [0.15, 0.2) is 17.5 Å². The average molecular weight is 337 g/mol. The topological polar surface area (TPSA) is 61.4 Å². The van der Waals surface area contributed by atoms with Gasteiger partial charge >= 0.3 is 11.8 Å². The summed E-state index contributed by atoms with van der Waals surface area (Å²) in [5.41, 5.74) is 0. The summed E-state index contributed by atoms with van der Waals surface area (Å²) in [7, 11) is 0. The van der Waals surface area contributed by atoms with Gasteiger partial charge in [-0.05, 0) is 49.2 Å². The Kier molecular flexibility index (Phi) is 7.05. The van der Waals surface area contributed by atoms with Crippen LogP contribution in [0.2, 0.25) is 0 Å². The Labute approximate surface area is 142 Å². The third-order valence-corrected chi connectivity index (χ3v) is 4.96. The van der Waals surface area contributed by atoms with E-state index in [4.69, 9.17) is 0 Å². The van der Waals surface area contributed by atoms with Crippen molar-refractivity contribution >= 4 is 23.2 Å². The van der Waals surface area contributed by atoms with Gasteiger partial charge in [-0.25, -0.2) is 0 Å². The van der Waals surface area contributed by atoms with Gasteiger partial charge in [-0.15, -0.1) is 11.3 Å². The number of amides is 2. The maximum Gasteiger partial charge on any atom is 0.309 e. The molecule has 23 heavy (non-hydrogen) atoms. The number of nitrogens with zero attached hydrogens (tertiary/aromatic N) is 1. The van der Waals surface area contributed by atoms with Crippen molar-refractivity contribution in [1.82, 2.24) is 15.5 Å². The van der Waals surface area contributed by atoms with Gasteiger partial charge in [0.15, 0.2) is 0 Å². The molecule has 1 aromatic rings. The first-order valence-corrected chi connectivity index (χ1v) is 9.23. The summed E-state index contributed by atoms with van der Waals surface area (Å²) >= 11 is 1.80. The first-order valence-electron chi connectivity index (χ1n) is 8.35. The van der Waals surface area contributed by atoms with Gasteiger partial charge in [-0.3, -0.25) is 14.5 Å². The van der Waals surface area contributed by atoms with Gasteiger partial charge in [0.25, 0.3) is 0 Å². The molecule has 1 aromatic heterocycles. The second-order valence-electron chi connectivity index (χ2n) is 6.61. The lowest BCUT2D eigenvalue weighted by Gasteiger charge is -2.31. The summed E-state index contributed by atoms with van der Waals surface area (Å²) in [6.07, 6.45) is 2.14. The van der Waals surface area contributed by atoms with Crippen LogP contribution in [0.3, 0.4) is 0 Å². The monoisotopic (exact) mass is 337 g/mol. The van der Waals surface area contributed by atoms with Crippen LogP contribution in [0.5, 0.6) is 0 Å². The maximum absolute atomic E-state index is 11.7. The predicted molar refractivity (Wildman–Crippen MR) is 93.2 cm³/mol. The molecule has 0 unspecified atom stereocenters. The van der Waals surface area contributed by atoms with Gasteiger partial charge in [-0.1, -0.05) is 19.9 Å². The molecule has 2 amide bonds. The standard InChI is InChI=1S/C17H27N3O2S/c1-13(2)10-18-16(21)17(22)19-11-14-5-7-20(8-6-14)12-15-4-3-9-23-15/h3-4,9,13-14H,5-8,10-12H2,1-2H3,(H,18,21)(H,19,22). The number of carbonyl (C=O) groups is 2. The number of hydrogen-bond acceptors (Lipinski definition) is 4. The van der Waals surface area contributed by atoms with Gasteiger partial charge < -0.3 is 10.6 Å². The summed E-state index contributed by atoms with van der Waals surface area (Å²) in [4.78, 5) is 27.2. The molecule has 1 aliphatic heterocycles. The minimum atomic E-state index is -0.520. The molecule has 6 heteroatoms. The summed E-state index contributed by atoms with van der Waals surface area (Å²) in [5, 5.41) is 7.53. The molecular weight excluding hydrogens is 310 g/mol. The quantitative estimate of drug-likeness (QED) is 0.779. The van der Waals surface area contributed by atoms with Crippen molar-refractivity contribution in [3.05, 3.63) is 22.4 Å². The molecule has 2 rings (SSSR count). The van der Waals surface area contributed by atoms with E-state index in [1.807, 2.05) is 13.8 Å². The number of thiophene rings is 1. The zero-order valence-corrected chi connectivity index (χ0v) is 14.8. The van der Waals surface area contributed by atoms with E-state index in [-0.39, 0.29) is 0 Å². The normalized spacial score (nSPS) is 16.5. The highest BCUT2D eigenvalue weighted by Crippen LogP contribution is 2.20. The van der Waals surface area contributed by atoms with Gasteiger partial charge in [0.05, 0.1) is 0 Å². The SMILES string of the molecule is CC(C)CNC(=O)C(=O)NCC1CCN(Cc2cccs2)CC1. The van der Waals surface area contributed by atoms with Gasteiger partial charge in [0.2, 0.25) is 0 Å². The third kappa shape index (κ3) is 6.31. The largest absolute Gasteiger partial charge is 0.348 e. The second-order valence-corrected chi connectivity index (χ2v) is 7.65. The van der Waals surface area contributed by atoms with Crippen molar-refractivity contribution in [2.45, 2.75) is 33.2 Å². The molecule has 1 aliphatic rings. The Bertz CT molecular complexity index is 494. The highest BCUT2D eigenvalue weighted by molar-refractivity contribution is 7.09. The Morgan fingerprint density at radius 3 is 2.57 bits per heavy atom. The molecule has 0 atom stereocenters. The average Bonchev–Trinajstić information content (AvgIpc) is 3.04. The number of rotatable bonds is 6. The van der Waals surface area contributed by atoms with Crippen LogP contribution in [-0.4, -0.2) is 42.9 Å². The van der Waals surface area contributed by atoms with Gasteiger partial charge in [0.1, 0.15) is 0 Å². The molecule has 0 saturated carbocycles. The molecule has 0 bridgehead atoms. The molecule has 2 heterocycles. The molecule has 2 N–H and O–H groups in total. The lowest BCUT2D eigenvalue weighted by atomic mass is 9.97. The molecular formula is C17H27N3O2S. The van der Waals surface area contributed by atoms with E-state index in [0.29, 0.717) is 24.9 Å². The van der Waals surface area contributed by atoms with Crippen LogP contribution < -0.4 is 10.6 Å². The Morgan fingerprint density at radius 2 is 1.96 bits per heavy atom. The fourth-order valence-corrected chi connectivity index (χ4v) is 3.41. The van der Waals surface area contributed by atoms with E-state index in [0.717, 1.165) is 32.5 Å². The zero-order valence-electron chi connectivity index (χ0n) is 14.0. The summed E-state index contributed by atoms with van der Waals surface area (Å²) in [6.45, 7) is 8.27. The van der Waals surface area contributed by atoms with E-state index in [9.17, 15) is 9.59 Å². The number of hydrogen-bond donors (Lipinski definition) is 2. The van der Waals surface area contributed by atoms with Crippen LogP contribution in [-0.2, 0) is 16.1 Å². The van der Waals surface area contributed by atoms with Crippen LogP contribution in [0.1, 0.15) is 31.6 Å². The number of nitrogens with one attached hydrogen (secondary N) is 2. The smallest absolute Gasteiger partial charge is 0.309 e. The van der Waals surface area contributed by atoms with E-state index < -0.39 is 11.8 Å². The van der Waals surface area contributed by atoms with E-state index in [2.05, 4.69) is 33.0 Å². The molecule has 0 aromatic carbocycles. The number of likely N-dealkylation sites (tertiary alicyclic amines) is 1. The Hall–Kier alpha value is -1.40. The second kappa shape index (κ2) is 9.03. The molecule has 0 radical (unpaired) electrons. The fourth-order valence-electron chi connectivity index (χ4n) is 2.67. The van der Waals surface area contributed by atoms with E-state index in [1.165, 1.54) is 4.88 Å². The minimum absolute atomic E-state index is 0.347. The number of carbonyl (C=O) groups excluding carboxylic acids is 2. The highest BCUT2D eigenvalue weighted by atomic mass is 32.1. The number of piperidine rings is 1. The first kappa shape index (κ1) is 17.9. The van der Waals surface area contributed by atoms with Crippen LogP contribution in [0, 0.1) is 11.8 Å². The Morgan fingerprint density at radius 1 is 1.26 bits per heavy atom. The lowest BCUT2D eigenvalue weighted by Crippen LogP contribution is -2.44. The molecule has 0 aliphatic carbocycles. The van der Waals surface area contributed by atoms with Crippen LogP contribution in [0.25, 0.3) is 0 Å². The summed E-state index contributed by atoms with van der Waals surface area (Å²) in [5.74, 6) is -0.212. The third-order valence-electron chi connectivity index (χ3n) is 4.10. The maximum atomic E-state index is 11.7. The molecule has 1 saturated heterocycles. The van der Waals surface area contributed by atoms with Crippen molar-refractivity contribution in [3.63, 3.8) is 0 Å². The molecule has 5 nitrogen and oxygen atoms in total. The van der Waals surface area contributed by atoms with E-state index >= 15 is 0 Å². The molecule has 1 fully saturated rings. The lowest BCUT2D eigenvalue weighted by molar-refractivity contribution is -0.139.